The van der Waals surface area contributed by atoms with Gasteiger partial charge in [-0.25, -0.2) is 4.98 Å². The Hall–Kier alpha value is -1.68. The van der Waals surface area contributed by atoms with Gasteiger partial charge in [0.05, 0.1) is 17.7 Å². The lowest BCUT2D eigenvalue weighted by atomic mass is 10.1. The standard InChI is InChI=1S/C16H19NO2S/c1-3-4-5-10-15-17-13(11-20-15)16(18)12-8-6-7-9-14(12)19-2/h6-9,11H,3-5,10H2,1-2H3. The first-order chi connectivity index (χ1) is 9.76. The smallest absolute Gasteiger partial charge is 0.215 e. The summed E-state index contributed by atoms with van der Waals surface area (Å²) in [5, 5.41) is 2.88. The van der Waals surface area contributed by atoms with Gasteiger partial charge in [-0.15, -0.1) is 11.3 Å². The summed E-state index contributed by atoms with van der Waals surface area (Å²) in [7, 11) is 1.57. The number of para-hydroxylation sites is 1. The fraction of sp³-hybridized carbons (Fsp3) is 0.375. The van der Waals surface area contributed by atoms with Crippen LogP contribution in [0.15, 0.2) is 29.6 Å². The first-order valence-corrected chi connectivity index (χ1v) is 7.76. The van der Waals surface area contributed by atoms with Crippen LogP contribution in [0.25, 0.3) is 0 Å². The number of rotatable bonds is 7. The predicted molar refractivity (Wildman–Crippen MR) is 81.8 cm³/mol. The zero-order chi connectivity index (χ0) is 14.4. The molecule has 0 bridgehead atoms. The highest BCUT2D eigenvalue weighted by Crippen LogP contribution is 2.22. The molecule has 0 amide bonds. The van der Waals surface area contributed by atoms with Crippen molar-refractivity contribution in [2.75, 3.05) is 7.11 Å². The lowest BCUT2D eigenvalue weighted by molar-refractivity contribution is 0.103. The summed E-state index contributed by atoms with van der Waals surface area (Å²) in [6, 6.07) is 7.26. The molecule has 0 unspecified atom stereocenters. The van der Waals surface area contributed by atoms with Gasteiger partial charge < -0.3 is 4.74 Å². The minimum Gasteiger partial charge on any atom is -0.496 e. The van der Waals surface area contributed by atoms with Gasteiger partial charge in [0, 0.05) is 5.38 Å². The molecule has 0 N–H and O–H groups in total. The molecule has 0 aliphatic carbocycles. The van der Waals surface area contributed by atoms with Crippen molar-refractivity contribution in [1.29, 1.82) is 0 Å². The van der Waals surface area contributed by atoms with E-state index < -0.39 is 0 Å². The Morgan fingerprint density at radius 2 is 2.10 bits per heavy atom. The second-order valence-electron chi connectivity index (χ2n) is 4.61. The molecule has 0 atom stereocenters. The highest BCUT2D eigenvalue weighted by Gasteiger charge is 2.16. The molecule has 0 aliphatic heterocycles. The van der Waals surface area contributed by atoms with E-state index in [0.717, 1.165) is 17.8 Å². The van der Waals surface area contributed by atoms with Crippen molar-refractivity contribution < 1.29 is 9.53 Å². The first kappa shape index (κ1) is 14.7. The van der Waals surface area contributed by atoms with Crippen LogP contribution in [-0.2, 0) is 6.42 Å². The SMILES string of the molecule is CCCCCc1nc(C(=O)c2ccccc2OC)cs1. The molecule has 1 aromatic carbocycles. The van der Waals surface area contributed by atoms with Crippen molar-refractivity contribution in [3.63, 3.8) is 0 Å². The number of carbonyl (C=O) groups excluding carboxylic acids is 1. The molecule has 0 saturated heterocycles. The van der Waals surface area contributed by atoms with E-state index in [-0.39, 0.29) is 5.78 Å². The van der Waals surface area contributed by atoms with E-state index in [4.69, 9.17) is 4.74 Å². The molecule has 2 rings (SSSR count). The van der Waals surface area contributed by atoms with Gasteiger partial charge in [0.15, 0.2) is 0 Å². The van der Waals surface area contributed by atoms with Crippen molar-refractivity contribution >= 4 is 17.1 Å². The number of ether oxygens (including phenoxy) is 1. The second kappa shape index (κ2) is 7.20. The van der Waals surface area contributed by atoms with E-state index >= 15 is 0 Å². The van der Waals surface area contributed by atoms with Crippen molar-refractivity contribution in [3.05, 3.63) is 45.9 Å². The van der Waals surface area contributed by atoms with Gasteiger partial charge in [0.25, 0.3) is 0 Å². The van der Waals surface area contributed by atoms with E-state index in [2.05, 4.69) is 11.9 Å². The second-order valence-corrected chi connectivity index (χ2v) is 5.56. The summed E-state index contributed by atoms with van der Waals surface area (Å²) < 4.78 is 5.23. The molecule has 1 aromatic heterocycles. The molecular weight excluding hydrogens is 270 g/mol. The number of carbonyl (C=O) groups is 1. The Bertz CT molecular complexity index is 577. The van der Waals surface area contributed by atoms with Crippen LogP contribution in [0.3, 0.4) is 0 Å². The number of thiazole rings is 1. The van der Waals surface area contributed by atoms with E-state index in [1.807, 2.05) is 17.5 Å². The van der Waals surface area contributed by atoms with Crippen molar-refractivity contribution in [1.82, 2.24) is 4.98 Å². The summed E-state index contributed by atoms with van der Waals surface area (Å²) in [6.07, 6.45) is 4.48. The number of hydrogen-bond donors (Lipinski definition) is 0. The minimum absolute atomic E-state index is 0.0690. The van der Waals surface area contributed by atoms with Gasteiger partial charge >= 0.3 is 0 Å². The van der Waals surface area contributed by atoms with Crippen molar-refractivity contribution in [3.8, 4) is 5.75 Å². The molecule has 0 aliphatic rings. The number of methoxy groups -OCH3 is 1. The van der Waals surface area contributed by atoms with E-state index in [1.54, 1.807) is 30.6 Å². The van der Waals surface area contributed by atoms with Gasteiger partial charge in [0.2, 0.25) is 5.78 Å². The molecule has 0 radical (unpaired) electrons. The summed E-state index contributed by atoms with van der Waals surface area (Å²) in [5.41, 5.74) is 1.09. The van der Waals surface area contributed by atoms with Crippen LogP contribution in [0, 0.1) is 0 Å². The van der Waals surface area contributed by atoms with E-state index in [9.17, 15) is 4.79 Å². The van der Waals surface area contributed by atoms with Gasteiger partial charge in [-0.05, 0) is 25.0 Å². The van der Waals surface area contributed by atoms with Crippen molar-refractivity contribution in [2.45, 2.75) is 32.6 Å². The molecule has 0 fully saturated rings. The van der Waals surface area contributed by atoms with Gasteiger partial charge in [0.1, 0.15) is 11.4 Å². The highest BCUT2D eigenvalue weighted by atomic mass is 32.1. The van der Waals surface area contributed by atoms with Crippen LogP contribution >= 0.6 is 11.3 Å². The Labute approximate surface area is 123 Å². The molecule has 3 nitrogen and oxygen atoms in total. The number of ketones is 1. The molecule has 0 saturated carbocycles. The lowest BCUT2D eigenvalue weighted by Gasteiger charge is -2.05. The van der Waals surface area contributed by atoms with Gasteiger partial charge in [-0.3, -0.25) is 4.79 Å². The molecule has 1 heterocycles. The molecule has 4 heteroatoms. The normalized spacial score (nSPS) is 10.5. The maximum atomic E-state index is 12.4. The quantitative estimate of drug-likeness (QED) is 0.568. The highest BCUT2D eigenvalue weighted by molar-refractivity contribution is 7.09. The Kier molecular flexibility index (Phi) is 5.30. The third-order valence-electron chi connectivity index (χ3n) is 3.13. The Morgan fingerprint density at radius 3 is 2.85 bits per heavy atom. The van der Waals surface area contributed by atoms with Crippen LogP contribution in [0.4, 0.5) is 0 Å². The number of aryl methyl sites for hydroxylation is 1. The summed E-state index contributed by atoms with van der Waals surface area (Å²) in [5.74, 6) is 0.526. The van der Waals surface area contributed by atoms with Crippen molar-refractivity contribution in [2.24, 2.45) is 0 Å². The molecule has 0 spiro atoms. The van der Waals surface area contributed by atoms with Gasteiger partial charge in [-0.2, -0.15) is 0 Å². The van der Waals surface area contributed by atoms with E-state index in [1.165, 1.54) is 12.8 Å². The third-order valence-corrected chi connectivity index (χ3v) is 4.04. The number of nitrogens with zero attached hydrogens (tertiary/aromatic N) is 1. The average Bonchev–Trinajstić information content (AvgIpc) is 2.95. The molecule has 20 heavy (non-hydrogen) atoms. The maximum Gasteiger partial charge on any atom is 0.215 e. The first-order valence-electron chi connectivity index (χ1n) is 6.88. The van der Waals surface area contributed by atoms with Crippen LogP contribution < -0.4 is 4.74 Å². The number of hydrogen-bond acceptors (Lipinski definition) is 4. The maximum absolute atomic E-state index is 12.4. The fourth-order valence-electron chi connectivity index (χ4n) is 2.03. The Morgan fingerprint density at radius 1 is 1.30 bits per heavy atom. The summed E-state index contributed by atoms with van der Waals surface area (Å²) in [6.45, 7) is 2.18. The summed E-state index contributed by atoms with van der Waals surface area (Å²) in [4.78, 5) is 16.9. The van der Waals surface area contributed by atoms with Crippen LogP contribution in [0.5, 0.6) is 5.75 Å². The largest absolute Gasteiger partial charge is 0.496 e. The minimum atomic E-state index is -0.0690. The third kappa shape index (κ3) is 3.45. The number of unbranched alkanes of at least 4 members (excludes halogenated alkanes) is 2. The van der Waals surface area contributed by atoms with Crippen LogP contribution in [0.2, 0.25) is 0 Å². The monoisotopic (exact) mass is 289 g/mol. The molecular formula is C16H19NO2S. The van der Waals surface area contributed by atoms with E-state index in [0.29, 0.717) is 17.0 Å². The lowest BCUT2D eigenvalue weighted by Crippen LogP contribution is -2.04. The topological polar surface area (TPSA) is 39.2 Å². The average molecular weight is 289 g/mol. The number of benzene rings is 1. The van der Waals surface area contributed by atoms with Crippen LogP contribution in [-0.4, -0.2) is 17.9 Å². The number of aromatic nitrogens is 1. The predicted octanol–water partition coefficient (Wildman–Crippen LogP) is 4.12. The summed E-state index contributed by atoms with van der Waals surface area (Å²) >= 11 is 1.56. The van der Waals surface area contributed by atoms with Gasteiger partial charge in [-0.1, -0.05) is 31.9 Å². The zero-order valence-electron chi connectivity index (χ0n) is 11.9. The molecule has 2 aromatic rings. The molecule has 106 valence electrons. The fourth-order valence-corrected chi connectivity index (χ4v) is 2.85. The van der Waals surface area contributed by atoms with Crippen LogP contribution in [0.1, 0.15) is 47.2 Å². The Balaban J connectivity index is 2.13. The zero-order valence-corrected chi connectivity index (χ0v) is 12.7.